The molecule has 0 aliphatic heterocycles. The molecule has 0 spiro atoms. The van der Waals surface area contributed by atoms with Crippen LogP contribution in [-0.4, -0.2) is 70.9 Å². The third-order valence-electron chi connectivity index (χ3n) is 4.61. The Kier molecular flexibility index (Phi) is 5.25. The van der Waals surface area contributed by atoms with E-state index in [1.54, 1.807) is 28.9 Å². The van der Waals surface area contributed by atoms with Crippen LogP contribution in [0.5, 0.6) is 0 Å². The van der Waals surface area contributed by atoms with Crippen LogP contribution >= 0.6 is 0 Å². The first-order valence-corrected chi connectivity index (χ1v) is 13.4. The van der Waals surface area contributed by atoms with E-state index >= 15 is 0 Å². The van der Waals surface area contributed by atoms with Crippen molar-refractivity contribution < 1.29 is 9.47 Å². The molecule has 126 valence electrons. The molecule has 0 saturated carbocycles. The molecule has 0 amide bonds. The van der Waals surface area contributed by atoms with Gasteiger partial charge in [-0.25, -0.2) is 0 Å². The maximum atomic E-state index is 5.60. The van der Waals surface area contributed by atoms with Crippen molar-refractivity contribution in [1.29, 1.82) is 0 Å². The van der Waals surface area contributed by atoms with Crippen LogP contribution in [0.1, 0.15) is 11.1 Å². The minimum absolute atomic E-state index is 0.125. The van der Waals surface area contributed by atoms with Crippen LogP contribution in [0.15, 0.2) is 34.1 Å². The van der Waals surface area contributed by atoms with E-state index < -0.39 is 0 Å². The van der Waals surface area contributed by atoms with Gasteiger partial charge >= 0.3 is 162 Å². The van der Waals surface area contributed by atoms with Gasteiger partial charge in [-0.15, -0.1) is 0 Å². The van der Waals surface area contributed by atoms with Crippen LogP contribution in [0.25, 0.3) is 17.7 Å². The zero-order valence-electron chi connectivity index (χ0n) is 13.8. The van der Waals surface area contributed by atoms with Crippen LogP contribution < -0.4 is 0 Å². The van der Waals surface area contributed by atoms with E-state index in [1.165, 1.54) is 0 Å². The molecule has 0 N–H and O–H groups in total. The molecule has 1 aliphatic rings. The Hall–Kier alpha value is -0.0816. The molecule has 0 bridgehead atoms. The number of ether oxygens (including phenoxy) is 2. The average Bonchev–Trinajstić information content (AvgIpc) is 3.32. The van der Waals surface area contributed by atoms with Crippen LogP contribution in [0.2, 0.25) is 0 Å². The Bertz CT molecular complexity index is 733. The number of hydrogen-bond donors (Lipinski definition) is 0. The molecule has 3 heterocycles. The summed E-state index contributed by atoms with van der Waals surface area (Å²) in [5.74, 6) is 0. The number of rotatable bonds is 6. The molecule has 1 aliphatic carbocycles. The molecule has 24 heavy (non-hydrogen) atoms. The average molecular weight is 517 g/mol. The van der Waals surface area contributed by atoms with Gasteiger partial charge in [-0.1, -0.05) is 0 Å². The topological polar surface area (TPSA) is 18.5 Å². The Labute approximate surface area is 161 Å². The Morgan fingerprint density at radius 3 is 1.75 bits per heavy atom. The number of methoxy groups -OCH3 is 2. The minimum atomic E-state index is 0.125. The quantitative estimate of drug-likeness (QED) is 0.469. The van der Waals surface area contributed by atoms with Crippen molar-refractivity contribution in [2.75, 3.05) is 27.4 Å². The summed E-state index contributed by atoms with van der Waals surface area (Å²) >= 11 is 1.52. The summed E-state index contributed by atoms with van der Waals surface area (Å²) in [7, 11) is 3.64. The van der Waals surface area contributed by atoms with Gasteiger partial charge in [0.1, 0.15) is 0 Å². The van der Waals surface area contributed by atoms with E-state index in [2.05, 4.69) is 34.1 Å². The van der Waals surface area contributed by atoms with Crippen molar-refractivity contribution in [3.63, 3.8) is 0 Å². The van der Waals surface area contributed by atoms with Crippen molar-refractivity contribution in [3.8, 4) is 17.7 Å². The molecule has 0 atom stereocenters. The van der Waals surface area contributed by atoms with E-state index in [1.807, 2.05) is 14.2 Å². The van der Waals surface area contributed by atoms with E-state index in [4.69, 9.17) is 9.47 Å². The second-order valence-electron chi connectivity index (χ2n) is 6.39. The van der Waals surface area contributed by atoms with Gasteiger partial charge in [0, 0.05) is 0 Å². The van der Waals surface area contributed by atoms with Gasteiger partial charge in [-0.2, -0.15) is 0 Å². The summed E-state index contributed by atoms with van der Waals surface area (Å²) in [6.45, 7) is 1.57. The molecule has 0 saturated heterocycles. The Morgan fingerprint density at radius 2 is 1.38 bits per heavy atom. The van der Waals surface area contributed by atoms with E-state index in [0.29, 0.717) is 43.5 Å². The first-order valence-electron chi connectivity index (χ1n) is 7.96. The predicted molar refractivity (Wildman–Crippen MR) is 102 cm³/mol. The molecular weight excluding hydrogens is 497 g/mol. The van der Waals surface area contributed by atoms with E-state index in [9.17, 15) is 0 Å². The second kappa shape index (κ2) is 7.27. The zero-order valence-corrected chi connectivity index (χ0v) is 19.0. The Morgan fingerprint density at radius 1 is 0.875 bits per heavy atom. The number of hydrogen-bond acceptors (Lipinski definition) is 2. The maximum absolute atomic E-state index is 5.60. The van der Waals surface area contributed by atoms with Crippen LogP contribution in [0.3, 0.4) is 0 Å². The van der Waals surface area contributed by atoms with Crippen molar-refractivity contribution in [2.24, 2.45) is 5.41 Å². The van der Waals surface area contributed by atoms with Gasteiger partial charge in [0.15, 0.2) is 0 Å². The molecule has 2 nitrogen and oxygen atoms in total. The molecular formula is C19H20O2Se3. The Balaban J connectivity index is 1.83. The fourth-order valence-corrected chi connectivity index (χ4v) is 11.1. The summed E-state index contributed by atoms with van der Waals surface area (Å²) in [5.41, 5.74) is 3.40. The van der Waals surface area contributed by atoms with Gasteiger partial charge in [-0.3, -0.25) is 0 Å². The normalized spacial score (nSPS) is 15.8. The van der Waals surface area contributed by atoms with Gasteiger partial charge in [-0.05, 0) is 0 Å². The molecule has 0 fully saturated rings. The molecule has 4 rings (SSSR count). The third-order valence-corrected chi connectivity index (χ3v) is 12.5. The molecule has 5 heteroatoms. The molecule has 0 unspecified atom stereocenters. The summed E-state index contributed by atoms with van der Waals surface area (Å²) in [6, 6.07) is 9.18. The molecule has 3 aromatic heterocycles. The SMILES string of the molecule is COCC1(COC)Cc2c(-c3ccc[se]3)[se]c(-c3ccc[se]3)c2C1. The molecule has 0 radical (unpaired) electrons. The van der Waals surface area contributed by atoms with Crippen LogP contribution in [-0.2, 0) is 22.3 Å². The standard InChI is InChI=1S/C19H20O2Se3/c1-20-11-19(12-21-2)9-13-14(10-19)18(16-6-4-8-23-16)24-17(13)15-5-3-7-22-15/h3-8H,9-12H2,1-2H3. The van der Waals surface area contributed by atoms with Crippen molar-refractivity contribution in [1.82, 2.24) is 0 Å². The third kappa shape index (κ3) is 3.07. The van der Waals surface area contributed by atoms with Crippen molar-refractivity contribution in [2.45, 2.75) is 12.8 Å². The summed E-state index contributed by atoms with van der Waals surface area (Å²) in [6.07, 6.45) is 2.23. The summed E-state index contributed by atoms with van der Waals surface area (Å²) in [4.78, 5) is 4.69. The van der Waals surface area contributed by atoms with Gasteiger partial charge in [0.25, 0.3) is 0 Å². The first kappa shape index (κ1) is 17.3. The van der Waals surface area contributed by atoms with E-state index in [-0.39, 0.29) is 5.41 Å². The fraction of sp³-hybridized carbons (Fsp3) is 0.368. The molecule has 0 aromatic carbocycles. The van der Waals surface area contributed by atoms with Crippen molar-refractivity contribution >= 4 is 43.5 Å². The molecule has 3 aromatic rings. The van der Waals surface area contributed by atoms with Crippen molar-refractivity contribution in [3.05, 3.63) is 45.3 Å². The van der Waals surface area contributed by atoms with Gasteiger partial charge in [0.2, 0.25) is 0 Å². The van der Waals surface area contributed by atoms with Crippen LogP contribution in [0.4, 0.5) is 0 Å². The first-order chi connectivity index (χ1) is 11.8. The predicted octanol–water partition coefficient (Wildman–Crippen LogP) is 2.57. The summed E-state index contributed by atoms with van der Waals surface area (Å²) in [5, 5.41) is 0. The zero-order chi connectivity index (χ0) is 16.6. The second-order valence-corrected chi connectivity index (χ2v) is 12.5. The fourth-order valence-electron chi connectivity index (χ4n) is 3.76. The van der Waals surface area contributed by atoms with Gasteiger partial charge < -0.3 is 0 Å². The monoisotopic (exact) mass is 520 g/mol. The number of fused-ring (bicyclic) bond motifs is 1. The van der Waals surface area contributed by atoms with Gasteiger partial charge in [0.05, 0.1) is 0 Å². The van der Waals surface area contributed by atoms with Crippen LogP contribution in [0, 0.1) is 5.41 Å². The summed E-state index contributed by atoms with van der Waals surface area (Å²) < 4.78 is 17.8. The van der Waals surface area contributed by atoms with E-state index in [0.717, 1.165) is 26.1 Å².